The van der Waals surface area contributed by atoms with E-state index in [2.05, 4.69) is 15.5 Å². The predicted molar refractivity (Wildman–Crippen MR) is 86.1 cm³/mol. The van der Waals surface area contributed by atoms with E-state index in [1.54, 1.807) is 6.92 Å². The van der Waals surface area contributed by atoms with Crippen molar-refractivity contribution in [3.8, 4) is 0 Å². The zero-order valence-corrected chi connectivity index (χ0v) is 13.8. The van der Waals surface area contributed by atoms with Gasteiger partial charge in [0.15, 0.2) is 4.34 Å². The summed E-state index contributed by atoms with van der Waals surface area (Å²) in [4.78, 5) is 12.0. The zero-order valence-electron chi connectivity index (χ0n) is 11.4. The van der Waals surface area contributed by atoms with E-state index in [0.717, 1.165) is 0 Å². The lowest BCUT2D eigenvalue weighted by Crippen LogP contribution is -2.22. The van der Waals surface area contributed by atoms with Crippen LogP contribution in [0.3, 0.4) is 0 Å². The van der Waals surface area contributed by atoms with Gasteiger partial charge in [0, 0.05) is 5.69 Å². The molecule has 0 fully saturated rings. The van der Waals surface area contributed by atoms with Crippen molar-refractivity contribution in [3.05, 3.63) is 24.3 Å². The maximum atomic E-state index is 12.1. The fourth-order valence-corrected chi connectivity index (χ4v) is 3.74. The van der Waals surface area contributed by atoms with Gasteiger partial charge in [-0.3, -0.25) is 4.79 Å². The van der Waals surface area contributed by atoms with Crippen LogP contribution in [0.5, 0.6) is 0 Å². The first-order valence-electron chi connectivity index (χ1n) is 5.95. The number of thioether (sulfide) groups is 1. The summed E-state index contributed by atoms with van der Waals surface area (Å²) in [6, 6.07) is 5.60. The summed E-state index contributed by atoms with van der Waals surface area (Å²) in [5, 5.41) is 15.1. The molecule has 1 amide bonds. The Labute approximate surface area is 135 Å². The molecule has 1 atom stereocenters. The van der Waals surface area contributed by atoms with Crippen LogP contribution in [0.4, 0.5) is 10.8 Å². The van der Waals surface area contributed by atoms with Gasteiger partial charge in [-0.1, -0.05) is 23.1 Å². The molecule has 8 nitrogen and oxygen atoms in total. The minimum absolute atomic E-state index is 0.0164. The average Bonchev–Trinajstić information content (AvgIpc) is 2.83. The fraction of sp³-hybridized carbons (Fsp3) is 0.182. The van der Waals surface area contributed by atoms with E-state index in [1.165, 1.54) is 47.4 Å². The van der Waals surface area contributed by atoms with Crippen LogP contribution in [-0.4, -0.2) is 29.8 Å². The number of nitrogens with zero attached hydrogens (tertiary/aromatic N) is 2. The van der Waals surface area contributed by atoms with Gasteiger partial charge in [-0.2, -0.15) is 0 Å². The molecule has 0 unspecified atom stereocenters. The van der Waals surface area contributed by atoms with E-state index in [9.17, 15) is 13.2 Å². The smallest absolute Gasteiger partial charge is 0.238 e. The number of hydrogen-bond acceptors (Lipinski definition) is 8. The first-order valence-corrected chi connectivity index (χ1v) is 9.19. The van der Waals surface area contributed by atoms with E-state index in [1.807, 2.05) is 0 Å². The number of hydrogen-bond donors (Lipinski definition) is 3. The molecule has 0 aliphatic rings. The van der Waals surface area contributed by atoms with Gasteiger partial charge in [0.05, 0.1) is 10.1 Å². The maximum Gasteiger partial charge on any atom is 0.238 e. The molecule has 2 rings (SSSR count). The van der Waals surface area contributed by atoms with Crippen molar-refractivity contribution in [2.45, 2.75) is 21.4 Å². The van der Waals surface area contributed by atoms with E-state index in [4.69, 9.17) is 10.9 Å². The summed E-state index contributed by atoms with van der Waals surface area (Å²) >= 11 is 2.44. The van der Waals surface area contributed by atoms with Crippen molar-refractivity contribution in [2.24, 2.45) is 5.14 Å². The minimum atomic E-state index is -3.75. The average molecular weight is 359 g/mol. The van der Waals surface area contributed by atoms with E-state index < -0.39 is 15.3 Å². The second-order valence-corrected chi connectivity index (χ2v) is 8.38. The Bertz CT molecular complexity index is 773. The molecule has 2 aromatic rings. The van der Waals surface area contributed by atoms with Gasteiger partial charge in [-0.25, -0.2) is 13.6 Å². The number of benzene rings is 1. The predicted octanol–water partition coefficient (Wildman–Crippen LogP) is 0.887. The highest BCUT2D eigenvalue weighted by molar-refractivity contribution is 8.02. The first kappa shape index (κ1) is 16.7. The van der Waals surface area contributed by atoms with Crippen LogP contribution >= 0.6 is 23.1 Å². The molecule has 0 aliphatic heterocycles. The number of carbonyl (C=O) groups is 1. The summed E-state index contributed by atoms with van der Waals surface area (Å²) in [5.74, 6) is -0.248. The van der Waals surface area contributed by atoms with Crippen molar-refractivity contribution >= 4 is 49.8 Å². The Balaban J connectivity index is 1.99. The Hall–Kier alpha value is -1.69. The highest BCUT2D eigenvalue weighted by atomic mass is 32.2. The molecular weight excluding hydrogens is 346 g/mol. The third-order valence-corrected chi connectivity index (χ3v) is 5.39. The van der Waals surface area contributed by atoms with Gasteiger partial charge in [0.1, 0.15) is 0 Å². The summed E-state index contributed by atoms with van der Waals surface area (Å²) in [5.41, 5.74) is 5.95. The summed E-state index contributed by atoms with van der Waals surface area (Å²) in [6.45, 7) is 1.72. The number of carbonyl (C=O) groups excluding carboxylic acids is 1. The fourth-order valence-electron chi connectivity index (χ4n) is 1.44. The number of anilines is 2. The third-order valence-electron chi connectivity index (χ3n) is 2.52. The van der Waals surface area contributed by atoms with E-state index >= 15 is 0 Å². The topological polar surface area (TPSA) is 141 Å². The van der Waals surface area contributed by atoms with Crippen LogP contribution in [0.1, 0.15) is 6.92 Å². The van der Waals surface area contributed by atoms with Crippen LogP contribution < -0.4 is 16.2 Å². The normalized spacial score (nSPS) is 12.8. The molecule has 5 N–H and O–H groups in total. The van der Waals surface area contributed by atoms with Gasteiger partial charge >= 0.3 is 0 Å². The summed E-state index contributed by atoms with van der Waals surface area (Å²) in [6.07, 6.45) is 0. The molecule has 1 heterocycles. The Morgan fingerprint density at radius 1 is 1.32 bits per heavy atom. The van der Waals surface area contributed by atoms with Gasteiger partial charge in [-0.15, -0.1) is 10.2 Å². The largest absolute Gasteiger partial charge is 0.374 e. The van der Waals surface area contributed by atoms with Gasteiger partial charge in [0.2, 0.25) is 21.1 Å². The number of amides is 1. The van der Waals surface area contributed by atoms with Crippen molar-refractivity contribution in [1.82, 2.24) is 10.2 Å². The number of nitrogens with one attached hydrogen (secondary N) is 1. The van der Waals surface area contributed by atoms with E-state index in [-0.39, 0.29) is 10.8 Å². The number of aromatic nitrogens is 2. The zero-order chi connectivity index (χ0) is 16.3. The van der Waals surface area contributed by atoms with Crippen molar-refractivity contribution in [2.75, 3.05) is 11.1 Å². The minimum Gasteiger partial charge on any atom is -0.374 e. The Morgan fingerprint density at radius 3 is 2.45 bits per heavy atom. The van der Waals surface area contributed by atoms with Crippen LogP contribution in [0.25, 0.3) is 0 Å². The molecule has 1 aromatic heterocycles. The summed E-state index contributed by atoms with van der Waals surface area (Å²) in [7, 11) is -3.75. The molecule has 11 heteroatoms. The molecule has 0 radical (unpaired) electrons. The monoisotopic (exact) mass is 359 g/mol. The molecule has 118 valence electrons. The third kappa shape index (κ3) is 4.40. The number of nitrogens with two attached hydrogens (primary N) is 2. The second kappa shape index (κ2) is 6.60. The summed E-state index contributed by atoms with van der Waals surface area (Å²) < 4.78 is 22.9. The first-order chi connectivity index (χ1) is 10.3. The molecule has 0 bridgehead atoms. The Morgan fingerprint density at radius 2 is 1.95 bits per heavy atom. The quantitative estimate of drug-likeness (QED) is 0.673. The molecule has 0 aliphatic carbocycles. The molecule has 1 aromatic carbocycles. The lowest BCUT2D eigenvalue weighted by Gasteiger charge is -2.10. The van der Waals surface area contributed by atoms with E-state index in [0.29, 0.717) is 15.2 Å². The molecule has 22 heavy (non-hydrogen) atoms. The maximum absolute atomic E-state index is 12.1. The highest BCUT2D eigenvalue weighted by Crippen LogP contribution is 2.28. The second-order valence-electron chi connectivity index (χ2n) is 4.22. The van der Waals surface area contributed by atoms with Crippen LogP contribution in [0.15, 0.2) is 33.5 Å². The van der Waals surface area contributed by atoms with Crippen LogP contribution in [0.2, 0.25) is 0 Å². The standard InChI is InChI=1S/C11H13N5O3S3/c1-6(20-11-16-15-10(12)21-11)9(17)14-7-2-4-8(5-3-7)22(13,18)19/h2-6H,1H3,(H2,12,15)(H,14,17)(H2,13,18,19)/t6-/m0/s1. The molecule has 0 saturated carbocycles. The van der Waals surface area contributed by atoms with Crippen molar-refractivity contribution in [1.29, 1.82) is 0 Å². The number of nitrogen functional groups attached to an aromatic ring is 1. The molecule has 0 saturated heterocycles. The molecular formula is C11H13N5O3S3. The SMILES string of the molecule is C[C@H](Sc1nnc(N)s1)C(=O)Nc1ccc(S(N)(=O)=O)cc1. The number of primary sulfonamides is 1. The van der Waals surface area contributed by atoms with Crippen LogP contribution in [-0.2, 0) is 14.8 Å². The van der Waals surface area contributed by atoms with Gasteiger partial charge in [0.25, 0.3) is 0 Å². The van der Waals surface area contributed by atoms with Gasteiger partial charge in [-0.05, 0) is 31.2 Å². The van der Waals surface area contributed by atoms with Crippen LogP contribution in [0, 0.1) is 0 Å². The lowest BCUT2D eigenvalue weighted by molar-refractivity contribution is -0.115. The lowest BCUT2D eigenvalue weighted by atomic mass is 10.3. The van der Waals surface area contributed by atoms with Crippen molar-refractivity contribution < 1.29 is 13.2 Å². The number of sulfonamides is 1. The van der Waals surface area contributed by atoms with Gasteiger partial charge < -0.3 is 11.1 Å². The number of rotatable bonds is 5. The van der Waals surface area contributed by atoms with Crippen molar-refractivity contribution in [3.63, 3.8) is 0 Å². The highest BCUT2D eigenvalue weighted by Gasteiger charge is 2.17. The molecule has 0 spiro atoms. The Kier molecular flexibility index (Phi) is 5.01.